The quantitative estimate of drug-likeness (QED) is 0.939. The summed E-state index contributed by atoms with van der Waals surface area (Å²) in [4.78, 5) is 6.15. The molecule has 0 amide bonds. The average molecular weight is 328 g/mol. The summed E-state index contributed by atoms with van der Waals surface area (Å²) in [5.74, 6) is 1.11. The Morgan fingerprint density at radius 1 is 1.43 bits per heavy atom. The van der Waals surface area contributed by atoms with Gasteiger partial charge in [-0.1, -0.05) is 28.4 Å². The van der Waals surface area contributed by atoms with E-state index in [1.54, 1.807) is 13.0 Å². The number of rotatable bonds is 3. The van der Waals surface area contributed by atoms with Gasteiger partial charge in [-0.25, -0.2) is 0 Å². The minimum absolute atomic E-state index is 0.191. The highest BCUT2D eigenvalue weighted by atomic mass is 35.5. The van der Waals surface area contributed by atoms with Gasteiger partial charge in [0.15, 0.2) is 5.82 Å². The predicted octanol–water partition coefficient (Wildman–Crippen LogP) is 2.77. The fraction of sp³-hybridized carbons (Fsp3) is 0.429. The molecule has 1 aliphatic rings. The van der Waals surface area contributed by atoms with E-state index < -0.39 is 6.10 Å². The first-order chi connectivity index (χ1) is 9.95. The van der Waals surface area contributed by atoms with E-state index >= 15 is 0 Å². The molecule has 0 fully saturated rings. The molecular weight excluding hydrogens is 313 g/mol. The molecule has 1 aromatic carbocycles. The first-order valence-corrected chi connectivity index (χ1v) is 7.36. The highest BCUT2D eigenvalue weighted by Crippen LogP contribution is 2.41. The van der Waals surface area contributed by atoms with Crippen molar-refractivity contribution >= 4 is 23.2 Å². The van der Waals surface area contributed by atoms with Crippen LogP contribution in [-0.4, -0.2) is 33.3 Å². The Kier molecular flexibility index (Phi) is 3.92. The maximum atomic E-state index is 10.4. The lowest BCUT2D eigenvalue weighted by Gasteiger charge is -2.26. The van der Waals surface area contributed by atoms with Crippen LogP contribution < -0.4 is 0 Å². The number of aromatic nitrogens is 2. The minimum atomic E-state index is -0.537. The lowest BCUT2D eigenvalue weighted by Crippen LogP contribution is -2.30. The Morgan fingerprint density at radius 2 is 2.19 bits per heavy atom. The highest BCUT2D eigenvalue weighted by Gasteiger charge is 2.36. The predicted molar refractivity (Wildman–Crippen MR) is 79.4 cm³/mol. The molecule has 1 aliphatic carbocycles. The van der Waals surface area contributed by atoms with Crippen molar-refractivity contribution in [3.05, 3.63) is 45.0 Å². The van der Waals surface area contributed by atoms with Crippen LogP contribution in [-0.2, 0) is 13.0 Å². The first-order valence-electron chi connectivity index (χ1n) is 6.61. The summed E-state index contributed by atoms with van der Waals surface area (Å²) in [6, 6.07) is 3.38. The Hall–Kier alpha value is -1.14. The molecule has 0 spiro atoms. The number of aliphatic hydroxyl groups is 1. The van der Waals surface area contributed by atoms with Crippen LogP contribution in [0.1, 0.15) is 28.9 Å². The molecule has 0 saturated heterocycles. The molecular formula is C14H15Cl2N3O2. The molecule has 0 saturated carbocycles. The fourth-order valence-corrected chi connectivity index (χ4v) is 3.46. The second kappa shape index (κ2) is 5.57. The second-order valence-corrected chi connectivity index (χ2v) is 6.17. The maximum Gasteiger partial charge on any atom is 0.240 e. The Morgan fingerprint density at radius 3 is 2.86 bits per heavy atom. The number of halogens is 2. The molecule has 1 N–H and O–H groups in total. The molecule has 1 aromatic heterocycles. The third-order valence-corrected chi connectivity index (χ3v) is 4.28. The maximum absolute atomic E-state index is 10.4. The number of hydrogen-bond donors (Lipinski definition) is 1. The molecule has 0 aliphatic heterocycles. The monoisotopic (exact) mass is 327 g/mol. The second-order valence-electron chi connectivity index (χ2n) is 5.32. The van der Waals surface area contributed by atoms with Crippen LogP contribution in [0.25, 0.3) is 0 Å². The van der Waals surface area contributed by atoms with Gasteiger partial charge in [0.2, 0.25) is 5.89 Å². The lowest BCUT2D eigenvalue weighted by molar-refractivity contribution is 0.0667. The van der Waals surface area contributed by atoms with E-state index in [1.807, 2.05) is 18.0 Å². The van der Waals surface area contributed by atoms with Crippen molar-refractivity contribution in [2.24, 2.45) is 0 Å². The number of benzene rings is 1. The van der Waals surface area contributed by atoms with Crippen molar-refractivity contribution in [2.75, 3.05) is 7.05 Å². The van der Waals surface area contributed by atoms with Gasteiger partial charge in [0, 0.05) is 16.5 Å². The summed E-state index contributed by atoms with van der Waals surface area (Å²) in [7, 11) is 1.90. The van der Waals surface area contributed by atoms with Crippen LogP contribution in [0.2, 0.25) is 10.0 Å². The molecule has 1 heterocycles. The van der Waals surface area contributed by atoms with Gasteiger partial charge in [-0.3, -0.25) is 4.90 Å². The summed E-state index contributed by atoms with van der Waals surface area (Å²) in [6.07, 6.45) is -0.0200. The van der Waals surface area contributed by atoms with E-state index in [2.05, 4.69) is 10.1 Å². The van der Waals surface area contributed by atoms with Crippen LogP contribution >= 0.6 is 23.2 Å². The van der Waals surface area contributed by atoms with Gasteiger partial charge in [0.1, 0.15) is 0 Å². The Bertz CT molecular complexity index is 674. The Balaban J connectivity index is 1.89. The Labute approximate surface area is 132 Å². The van der Waals surface area contributed by atoms with Crippen molar-refractivity contribution in [2.45, 2.75) is 32.0 Å². The average Bonchev–Trinajstić information content (AvgIpc) is 2.92. The molecule has 7 heteroatoms. The summed E-state index contributed by atoms with van der Waals surface area (Å²) in [5, 5.41) is 15.3. The van der Waals surface area contributed by atoms with Gasteiger partial charge >= 0.3 is 0 Å². The van der Waals surface area contributed by atoms with Gasteiger partial charge in [0.25, 0.3) is 0 Å². The van der Waals surface area contributed by atoms with E-state index in [0.29, 0.717) is 34.7 Å². The molecule has 2 unspecified atom stereocenters. The standard InChI is InChI=1S/C14H15Cl2N3O2/c1-7-17-13(21-18-7)6-19(2)14-10-3-8(15)4-11(16)9(10)5-12(14)20/h3-4,12,14,20H,5-6H2,1-2H3. The van der Waals surface area contributed by atoms with E-state index in [0.717, 1.165) is 11.1 Å². The summed E-state index contributed by atoms with van der Waals surface area (Å²) in [6.45, 7) is 2.22. The van der Waals surface area contributed by atoms with Gasteiger partial charge in [-0.2, -0.15) is 4.98 Å². The largest absolute Gasteiger partial charge is 0.391 e. The highest BCUT2D eigenvalue weighted by molar-refractivity contribution is 6.35. The minimum Gasteiger partial charge on any atom is -0.391 e. The molecule has 2 atom stereocenters. The molecule has 5 nitrogen and oxygen atoms in total. The van der Waals surface area contributed by atoms with E-state index in [1.165, 1.54) is 0 Å². The summed E-state index contributed by atoms with van der Waals surface area (Å²) < 4.78 is 5.13. The molecule has 0 radical (unpaired) electrons. The van der Waals surface area contributed by atoms with E-state index in [9.17, 15) is 5.11 Å². The zero-order chi connectivity index (χ0) is 15.1. The van der Waals surface area contributed by atoms with Gasteiger partial charge < -0.3 is 9.63 Å². The number of fused-ring (bicyclic) bond motifs is 1. The van der Waals surface area contributed by atoms with Crippen LogP contribution in [0.5, 0.6) is 0 Å². The van der Waals surface area contributed by atoms with Gasteiger partial charge in [0.05, 0.1) is 18.7 Å². The normalized spacial score (nSPS) is 21.0. The van der Waals surface area contributed by atoms with Crippen LogP contribution in [0.4, 0.5) is 0 Å². The molecule has 112 valence electrons. The van der Waals surface area contributed by atoms with E-state index in [-0.39, 0.29) is 6.04 Å². The molecule has 2 aromatic rings. The van der Waals surface area contributed by atoms with Gasteiger partial charge in [-0.05, 0) is 37.2 Å². The molecule has 0 bridgehead atoms. The number of aryl methyl sites for hydroxylation is 1. The zero-order valence-corrected chi connectivity index (χ0v) is 13.2. The third-order valence-electron chi connectivity index (χ3n) is 3.72. The van der Waals surface area contributed by atoms with E-state index in [4.69, 9.17) is 27.7 Å². The van der Waals surface area contributed by atoms with Crippen molar-refractivity contribution in [1.82, 2.24) is 15.0 Å². The SMILES string of the molecule is Cc1noc(CN(C)C2c3cc(Cl)cc(Cl)c3CC2O)n1. The lowest BCUT2D eigenvalue weighted by atomic mass is 10.1. The van der Waals surface area contributed by atoms with Crippen molar-refractivity contribution in [1.29, 1.82) is 0 Å². The fourth-order valence-electron chi connectivity index (χ4n) is 2.88. The third kappa shape index (κ3) is 2.79. The first kappa shape index (κ1) is 14.8. The topological polar surface area (TPSA) is 62.4 Å². The van der Waals surface area contributed by atoms with Gasteiger partial charge in [-0.15, -0.1) is 0 Å². The van der Waals surface area contributed by atoms with Crippen molar-refractivity contribution in [3.63, 3.8) is 0 Å². The number of likely N-dealkylation sites (N-methyl/N-ethyl adjacent to an activating group) is 1. The van der Waals surface area contributed by atoms with Crippen LogP contribution in [0.15, 0.2) is 16.7 Å². The molecule has 21 heavy (non-hydrogen) atoms. The van der Waals surface area contributed by atoms with Crippen molar-refractivity contribution < 1.29 is 9.63 Å². The summed E-state index contributed by atoms with van der Waals surface area (Å²) >= 11 is 12.3. The summed E-state index contributed by atoms with van der Waals surface area (Å²) in [5.41, 5.74) is 1.91. The molecule has 3 rings (SSSR count). The van der Waals surface area contributed by atoms with Crippen LogP contribution in [0.3, 0.4) is 0 Å². The zero-order valence-electron chi connectivity index (χ0n) is 11.7. The number of nitrogens with zero attached hydrogens (tertiary/aromatic N) is 3. The number of hydrogen-bond acceptors (Lipinski definition) is 5. The van der Waals surface area contributed by atoms with Crippen molar-refractivity contribution in [3.8, 4) is 0 Å². The number of aliphatic hydroxyl groups excluding tert-OH is 1. The van der Waals surface area contributed by atoms with Crippen LogP contribution in [0, 0.1) is 6.92 Å². The smallest absolute Gasteiger partial charge is 0.240 e.